The van der Waals surface area contributed by atoms with Gasteiger partial charge in [0.1, 0.15) is 6.17 Å². The molecule has 0 aromatic heterocycles. The van der Waals surface area contributed by atoms with Crippen LogP contribution in [0.3, 0.4) is 0 Å². The Kier molecular flexibility index (Phi) is 4.53. The van der Waals surface area contributed by atoms with E-state index in [0.29, 0.717) is 12.5 Å². The van der Waals surface area contributed by atoms with Crippen molar-refractivity contribution >= 4 is 22.7 Å². The molecule has 3 aliphatic heterocycles. The highest BCUT2D eigenvalue weighted by molar-refractivity contribution is 5.78. The first kappa shape index (κ1) is 17.6. The minimum Gasteiger partial charge on any atom is -0.360 e. The summed E-state index contributed by atoms with van der Waals surface area (Å²) >= 11 is 0. The predicted octanol–water partition coefficient (Wildman–Crippen LogP) is 4.19. The van der Waals surface area contributed by atoms with Crippen molar-refractivity contribution in [2.75, 3.05) is 48.0 Å². The molecular weight excluding hydrogens is 350 g/mol. The lowest BCUT2D eigenvalue weighted by molar-refractivity contribution is 0.105. The smallest absolute Gasteiger partial charge is 0.205 e. The zero-order valence-electron chi connectivity index (χ0n) is 16.6. The predicted molar refractivity (Wildman–Crippen MR) is 115 cm³/mol. The first-order valence-corrected chi connectivity index (χ1v) is 10.3. The average molecular weight is 380 g/mol. The van der Waals surface area contributed by atoms with Gasteiger partial charge in [0.15, 0.2) is 0 Å². The molecule has 0 saturated carbocycles. The summed E-state index contributed by atoms with van der Waals surface area (Å²) in [5, 5.41) is 14.0. The summed E-state index contributed by atoms with van der Waals surface area (Å²) in [6, 6.07) is 13.3. The van der Waals surface area contributed by atoms with Gasteiger partial charge in [-0.2, -0.15) is 0 Å². The number of piperidine rings is 1. The van der Waals surface area contributed by atoms with Crippen molar-refractivity contribution in [2.45, 2.75) is 38.2 Å². The molecule has 2 atom stereocenters. The standard InChI is InChI=1S/C22H29N5O/c1-3-28-22-25-18-7-5-16(13-20(18)26-22)21-23-17-6-4-15(12-19(17)24-21)14-8-10-27(2)11-9-14/h4-7,12-14,21-26H,3,8-11H2,1-2H3. The van der Waals surface area contributed by atoms with Crippen LogP contribution < -0.4 is 21.3 Å². The number of nitrogens with zero attached hydrogens (tertiary/aromatic N) is 1. The number of hydrogen-bond donors (Lipinski definition) is 4. The normalized spacial score (nSPS) is 23.9. The Hall–Kier alpha value is -2.44. The van der Waals surface area contributed by atoms with Crippen LogP contribution in [0.5, 0.6) is 0 Å². The first-order valence-electron chi connectivity index (χ1n) is 10.3. The maximum Gasteiger partial charge on any atom is 0.205 e. The minimum atomic E-state index is -0.144. The quantitative estimate of drug-likeness (QED) is 0.639. The van der Waals surface area contributed by atoms with Crippen LogP contribution in [-0.4, -0.2) is 38.0 Å². The van der Waals surface area contributed by atoms with Crippen molar-refractivity contribution in [1.29, 1.82) is 0 Å². The van der Waals surface area contributed by atoms with Gasteiger partial charge in [0.25, 0.3) is 0 Å². The third-order valence-electron chi connectivity index (χ3n) is 6.12. The van der Waals surface area contributed by atoms with Gasteiger partial charge in [-0.15, -0.1) is 0 Å². The molecule has 3 aliphatic rings. The van der Waals surface area contributed by atoms with E-state index in [4.69, 9.17) is 4.74 Å². The molecule has 0 aliphatic carbocycles. The van der Waals surface area contributed by atoms with E-state index in [9.17, 15) is 0 Å². The van der Waals surface area contributed by atoms with E-state index >= 15 is 0 Å². The maximum atomic E-state index is 5.62. The summed E-state index contributed by atoms with van der Waals surface area (Å²) in [6.07, 6.45) is 2.43. The summed E-state index contributed by atoms with van der Waals surface area (Å²) in [5.74, 6) is 0.674. The van der Waals surface area contributed by atoms with Crippen LogP contribution in [0.15, 0.2) is 36.4 Å². The van der Waals surface area contributed by atoms with Crippen LogP contribution in [0.2, 0.25) is 0 Å². The van der Waals surface area contributed by atoms with Crippen molar-refractivity contribution in [2.24, 2.45) is 0 Å². The van der Waals surface area contributed by atoms with Crippen LogP contribution in [-0.2, 0) is 4.74 Å². The van der Waals surface area contributed by atoms with Crippen molar-refractivity contribution in [3.63, 3.8) is 0 Å². The van der Waals surface area contributed by atoms with E-state index in [1.54, 1.807) is 0 Å². The fourth-order valence-corrected chi connectivity index (χ4v) is 4.47. The molecule has 5 rings (SSSR count). The molecule has 1 fully saturated rings. The number of fused-ring (bicyclic) bond motifs is 2. The SMILES string of the molecule is CCOC1Nc2ccc(C3Nc4ccc(C5CCN(C)CC5)cc4N3)cc2N1. The Bertz CT molecular complexity index is 862. The van der Waals surface area contributed by atoms with Crippen molar-refractivity contribution in [3.05, 3.63) is 47.5 Å². The molecule has 28 heavy (non-hydrogen) atoms. The van der Waals surface area contributed by atoms with Gasteiger partial charge in [0, 0.05) is 6.61 Å². The van der Waals surface area contributed by atoms with Crippen LogP contribution in [0.4, 0.5) is 22.7 Å². The van der Waals surface area contributed by atoms with Crippen LogP contribution >= 0.6 is 0 Å². The molecular formula is C22H29N5O. The number of hydrogen-bond acceptors (Lipinski definition) is 6. The Balaban J connectivity index is 1.30. The summed E-state index contributed by atoms with van der Waals surface area (Å²) in [5.41, 5.74) is 7.23. The lowest BCUT2D eigenvalue weighted by Crippen LogP contribution is -2.29. The van der Waals surface area contributed by atoms with E-state index in [2.05, 4.69) is 69.6 Å². The van der Waals surface area contributed by atoms with Crippen molar-refractivity contribution < 1.29 is 4.74 Å². The largest absolute Gasteiger partial charge is 0.360 e. The van der Waals surface area contributed by atoms with Gasteiger partial charge < -0.3 is 30.9 Å². The number of benzene rings is 2. The molecule has 0 spiro atoms. The molecule has 3 heterocycles. The second-order valence-electron chi connectivity index (χ2n) is 8.03. The van der Waals surface area contributed by atoms with E-state index < -0.39 is 0 Å². The number of nitrogens with one attached hydrogen (secondary N) is 4. The third kappa shape index (κ3) is 3.27. The topological polar surface area (TPSA) is 60.6 Å². The van der Waals surface area contributed by atoms with Crippen molar-refractivity contribution in [1.82, 2.24) is 4.90 Å². The van der Waals surface area contributed by atoms with Gasteiger partial charge in [-0.3, -0.25) is 0 Å². The summed E-state index contributed by atoms with van der Waals surface area (Å²) in [4.78, 5) is 2.42. The van der Waals surface area contributed by atoms with Gasteiger partial charge in [-0.05, 0) is 81.2 Å². The van der Waals surface area contributed by atoms with E-state index in [1.165, 1.54) is 48.4 Å². The van der Waals surface area contributed by atoms with E-state index in [0.717, 1.165) is 11.4 Å². The van der Waals surface area contributed by atoms with Gasteiger partial charge in [0.05, 0.1) is 22.7 Å². The van der Waals surface area contributed by atoms with Crippen LogP contribution in [0, 0.1) is 0 Å². The molecule has 0 amide bonds. The summed E-state index contributed by atoms with van der Waals surface area (Å²) < 4.78 is 5.62. The minimum absolute atomic E-state index is 0.0842. The van der Waals surface area contributed by atoms with Crippen LogP contribution in [0.25, 0.3) is 0 Å². The molecule has 6 nitrogen and oxygen atoms in total. The lowest BCUT2D eigenvalue weighted by atomic mass is 9.89. The molecule has 6 heteroatoms. The monoisotopic (exact) mass is 379 g/mol. The second kappa shape index (κ2) is 7.18. The Morgan fingerprint density at radius 2 is 1.46 bits per heavy atom. The van der Waals surface area contributed by atoms with E-state index in [-0.39, 0.29) is 12.5 Å². The average Bonchev–Trinajstić information content (AvgIpc) is 3.31. The third-order valence-corrected chi connectivity index (χ3v) is 6.12. The maximum absolute atomic E-state index is 5.62. The fourth-order valence-electron chi connectivity index (χ4n) is 4.47. The van der Waals surface area contributed by atoms with Gasteiger partial charge >= 0.3 is 0 Å². The Labute approximate surface area is 166 Å². The zero-order valence-corrected chi connectivity index (χ0v) is 16.6. The Morgan fingerprint density at radius 1 is 0.857 bits per heavy atom. The van der Waals surface area contributed by atoms with Gasteiger partial charge in [0.2, 0.25) is 6.35 Å². The summed E-state index contributed by atoms with van der Waals surface area (Å²) in [7, 11) is 2.21. The molecule has 2 unspecified atom stereocenters. The number of ether oxygens (including phenoxy) is 1. The van der Waals surface area contributed by atoms with Gasteiger partial charge in [-0.25, -0.2) is 0 Å². The Morgan fingerprint density at radius 3 is 2.25 bits per heavy atom. The fraction of sp³-hybridized carbons (Fsp3) is 0.455. The number of rotatable bonds is 4. The van der Waals surface area contributed by atoms with Gasteiger partial charge in [-0.1, -0.05) is 12.1 Å². The highest BCUT2D eigenvalue weighted by atomic mass is 16.5. The van der Waals surface area contributed by atoms with Crippen molar-refractivity contribution in [3.8, 4) is 0 Å². The number of anilines is 4. The molecule has 148 valence electrons. The highest BCUT2D eigenvalue weighted by Gasteiger charge is 2.26. The summed E-state index contributed by atoms with van der Waals surface area (Å²) in [6.45, 7) is 5.05. The number of likely N-dealkylation sites (tertiary alicyclic amines) is 1. The van der Waals surface area contributed by atoms with E-state index in [1.807, 2.05) is 6.92 Å². The second-order valence-corrected chi connectivity index (χ2v) is 8.03. The molecule has 0 bridgehead atoms. The molecule has 0 radical (unpaired) electrons. The first-order chi connectivity index (χ1) is 13.7. The molecule has 2 aromatic carbocycles. The highest BCUT2D eigenvalue weighted by Crippen LogP contribution is 2.40. The van der Waals surface area contributed by atoms with Crippen LogP contribution in [0.1, 0.15) is 43.0 Å². The zero-order chi connectivity index (χ0) is 19.1. The molecule has 1 saturated heterocycles. The molecule has 4 N–H and O–H groups in total. The molecule has 2 aromatic rings. The lowest BCUT2D eigenvalue weighted by Gasteiger charge is -2.29.